The number of aliphatic hydroxyl groups excluding tert-OH is 1. The monoisotopic (exact) mass is 475 g/mol. The molecular weight excluding hydrogens is 446 g/mol. The summed E-state index contributed by atoms with van der Waals surface area (Å²) >= 11 is 0. The van der Waals surface area contributed by atoms with E-state index in [1.165, 1.54) is 12.1 Å². The Balaban J connectivity index is 0.00000306. The molecule has 1 aromatic heterocycles. The molecule has 0 saturated heterocycles. The van der Waals surface area contributed by atoms with Gasteiger partial charge in [-0.05, 0) is 43.7 Å². The molecule has 0 spiro atoms. The summed E-state index contributed by atoms with van der Waals surface area (Å²) in [5.41, 5.74) is 6.66. The zero-order valence-corrected chi connectivity index (χ0v) is 19.1. The molecule has 3 aromatic carbocycles. The second-order valence-electron chi connectivity index (χ2n) is 7.88. The lowest BCUT2D eigenvalue weighted by molar-refractivity contribution is 0.291. The fraction of sp³-hybridized carbons (Fsp3) is 0.391. The molecule has 9 nitrogen and oxygen atoms in total. The number of hydrogen-bond acceptors (Lipinski definition) is 7. The van der Waals surface area contributed by atoms with Crippen molar-refractivity contribution in [3.63, 3.8) is 0 Å². The van der Waals surface area contributed by atoms with Crippen LogP contribution in [0.25, 0.3) is 32.6 Å². The number of rotatable bonds is 10. The predicted molar refractivity (Wildman–Crippen MR) is 133 cm³/mol. The zero-order valence-electron chi connectivity index (χ0n) is 18.3. The topological polar surface area (TPSA) is 149 Å². The number of H-pyrrole nitrogens is 1. The number of phenols is 2. The number of fused-ring (bicyclic) bond motifs is 2. The minimum absolute atomic E-state index is 0. The van der Waals surface area contributed by atoms with Gasteiger partial charge in [-0.3, -0.25) is 19.6 Å². The van der Waals surface area contributed by atoms with E-state index in [4.69, 9.17) is 15.8 Å². The van der Waals surface area contributed by atoms with E-state index in [1.807, 2.05) is 16.8 Å². The third-order valence-electron chi connectivity index (χ3n) is 5.76. The van der Waals surface area contributed by atoms with Crippen LogP contribution in [-0.2, 0) is 6.54 Å². The Morgan fingerprint density at radius 3 is 2.58 bits per heavy atom. The summed E-state index contributed by atoms with van der Waals surface area (Å²) in [4.78, 5) is 17.4. The molecule has 0 radical (unpaired) electrons. The van der Waals surface area contributed by atoms with Gasteiger partial charge in [0.15, 0.2) is 5.43 Å². The van der Waals surface area contributed by atoms with Crippen molar-refractivity contribution in [2.24, 2.45) is 10.7 Å². The summed E-state index contributed by atoms with van der Waals surface area (Å²) in [5.74, 6) is -0.294. The molecule has 0 aliphatic carbocycles. The van der Waals surface area contributed by atoms with Gasteiger partial charge < -0.3 is 26.4 Å². The van der Waals surface area contributed by atoms with Crippen LogP contribution in [-0.4, -0.2) is 57.9 Å². The molecule has 0 amide bonds. The van der Waals surface area contributed by atoms with E-state index in [2.05, 4.69) is 10.4 Å². The number of nitrogens with two attached hydrogens (primary N) is 1. The van der Waals surface area contributed by atoms with Crippen LogP contribution >= 0.6 is 12.4 Å². The van der Waals surface area contributed by atoms with Crippen LogP contribution in [0.4, 0.5) is 0 Å². The highest BCUT2D eigenvalue weighted by atomic mass is 35.5. The van der Waals surface area contributed by atoms with E-state index in [0.717, 1.165) is 24.8 Å². The van der Waals surface area contributed by atoms with Gasteiger partial charge in [-0.25, -0.2) is 0 Å². The average molecular weight is 476 g/mol. The number of nitrogens with zero attached hydrogens (tertiary/aromatic N) is 2. The van der Waals surface area contributed by atoms with E-state index in [-0.39, 0.29) is 46.7 Å². The van der Waals surface area contributed by atoms with E-state index in [1.54, 1.807) is 0 Å². The number of aromatic hydroxyl groups is 2. The van der Waals surface area contributed by atoms with Crippen LogP contribution in [0.1, 0.15) is 19.3 Å². The Labute approximate surface area is 196 Å². The van der Waals surface area contributed by atoms with Gasteiger partial charge in [-0.2, -0.15) is 0 Å². The number of benzene rings is 3. The summed E-state index contributed by atoms with van der Waals surface area (Å²) in [6.45, 7) is 2.96. The molecule has 0 aliphatic rings. The Hall–Kier alpha value is -2.85. The number of hydrogen-bond donors (Lipinski definition) is 6. The second kappa shape index (κ2) is 10.8. The lowest BCUT2D eigenvalue weighted by atomic mass is 9.99. The van der Waals surface area contributed by atoms with Crippen LogP contribution in [0.2, 0.25) is 0 Å². The number of aliphatic hydroxyl groups is 1. The zero-order chi connectivity index (χ0) is 22.7. The van der Waals surface area contributed by atoms with E-state index >= 15 is 0 Å². The van der Waals surface area contributed by atoms with Crippen LogP contribution in [0.15, 0.2) is 34.1 Å². The molecule has 33 heavy (non-hydrogen) atoms. The van der Waals surface area contributed by atoms with Gasteiger partial charge in [0.1, 0.15) is 11.5 Å². The summed E-state index contributed by atoms with van der Waals surface area (Å²) in [7, 11) is 0. The number of aromatic nitrogens is 2. The first-order chi connectivity index (χ1) is 15.6. The second-order valence-corrected chi connectivity index (χ2v) is 7.88. The molecule has 1 heterocycles. The van der Waals surface area contributed by atoms with Gasteiger partial charge in [0, 0.05) is 25.0 Å². The molecule has 7 N–H and O–H groups in total. The SMILES string of the molecule is Cl.NCCCCCN=c1ccc2c3c1c(O)c1c(O)ccc(=O)c1c3[nH]n2CCNCCO. The molecule has 4 rings (SSSR count). The van der Waals surface area contributed by atoms with Crippen LogP contribution in [0.3, 0.4) is 0 Å². The molecule has 0 fully saturated rings. The largest absolute Gasteiger partial charge is 0.507 e. The van der Waals surface area contributed by atoms with Crippen LogP contribution in [0.5, 0.6) is 11.5 Å². The molecule has 0 unspecified atom stereocenters. The maximum absolute atomic E-state index is 12.7. The van der Waals surface area contributed by atoms with Gasteiger partial charge in [0.2, 0.25) is 0 Å². The first-order valence-corrected chi connectivity index (χ1v) is 11.0. The Kier molecular flexibility index (Phi) is 8.15. The maximum Gasteiger partial charge on any atom is 0.189 e. The fourth-order valence-corrected chi connectivity index (χ4v) is 4.25. The Morgan fingerprint density at radius 2 is 1.82 bits per heavy atom. The first-order valence-electron chi connectivity index (χ1n) is 11.0. The Bertz CT molecular complexity index is 1360. The van der Waals surface area contributed by atoms with Crippen molar-refractivity contribution in [2.75, 3.05) is 32.8 Å². The number of halogens is 1. The molecule has 0 atom stereocenters. The maximum atomic E-state index is 12.7. The highest BCUT2D eigenvalue weighted by Crippen LogP contribution is 2.41. The van der Waals surface area contributed by atoms with Crippen LogP contribution < -0.4 is 21.8 Å². The summed E-state index contributed by atoms with van der Waals surface area (Å²) in [6.07, 6.45) is 2.81. The van der Waals surface area contributed by atoms with Gasteiger partial charge >= 0.3 is 0 Å². The van der Waals surface area contributed by atoms with Gasteiger partial charge in [0.05, 0.1) is 45.7 Å². The lowest BCUT2D eigenvalue weighted by Gasteiger charge is -2.09. The highest BCUT2D eigenvalue weighted by molar-refractivity contribution is 6.23. The van der Waals surface area contributed by atoms with Crippen molar-refractivity contribution in [1.82, 2.24) is 15.1 Å². The molecular formula is C23H30ClN5O4. The molecule has 178 valence electrons. The van der Waals surface area contributed by atoms with E-state index in [0.29, 0.717) is 54.4 Å². The minimum atomic E-state index is -0.284. The van der Waals surface area contributed by atoms with Crippen molar-refractivity contribution < 1.29 is 15.3 Å². The first kappa shape index (κ1) is 24.8. The highest BCUT2D eigenvalue weighted by Gasteiger charge is 2.21. The number of nitrogens with one attached hydrogen (secondary N) is 2. The molecule has 0 bridgehead atoms. The van der Waals surface area contributed by atoms with Crippen molar-refractivity contribution in [3.8, 4) is 11.5 Å². The van der Waals surface area contributed by atoms with E-state index < -0.39 is 0 Å². The summed E-state index contributed by atoms with van der Waals surface area (Å²) in [6, 6.07) is 6.39. The molecule has 0 aliphatic heterocycles. The predicted octanol–water partition coefficient (Wildman–Crippen LogP) is 1.52. The van der Waals surface area contributed by atoms with Crippen molar-refractivity contribution in [3.05, 3.63) is 39.8 Å². The van der Waals surface area contributed by atoms with Gasteiger partial charge in [-0.15, -0.1) is 12.4 Å². The summed E-state index contributed by atoms with van der Waals surface area (Å²) < 4.78 is 1.90. The minimum Gasteiger partial charge on any atom is -0.507 e. The fourth-order valence-electron chi connectivity index (χ4n) is 4.25. The third kappa shape index (κ3) is 4.63. The molecule has 10 heteroatoms. The molecule has 0 saturated carbocycles. The smallest absolute Gasteiger partial charge is 0.189 e. The van der Waals surface area contributed by atoms with Gasteiger partial charge in [-0.1, -0.05) is 6.42 Å². The van der Waals surface area contributed by atoms with Crippen molar-refractivity contribution >= 4 is 45.0 Å². The van der Waals surface area contributed by atoms with Crippen molar-refractivity contribution in [1.29, 1.82) is 0 Å². The van der Waals surface area contributed by atoms with Crippen LogP contribution in [0, 0.1) is 0 Å². The average Bonchev–Trinajstić information content (AvgIpc) is 3.15. The normalized spacial score (nSPS) is 12.2. The summed E-state index contributed by atoms with van der Waals surface area (Å²) in [5, 5.41) is 39.3. The number of phenolic OH excluding ortho intramolecular Hbond substituents is 2. The standard InChI is InChI=1S/C23H29N5O4.ClH/c24-8-2-1-3-9-26-14-4-5-15-19-18(14)23(32)21-17(31)7-6-16(30)20(21)22(19)27-28(15)12-10-25-11-13-29;/h4-7,25,27,29,31-32H,1-3,8-13,24H2;1H. The lowest BCUT2D eigenvalue weighted by Crippen LogP contribution is -2.23. The Morgan fingerprint density at radius 1 is 1.00 bits per heavy atom. The third-order valence-corrected chi connectivity index (χ3v) is 5.76. The van der Waals surface area contributed by atoms with Gasteiger partial charge in [0.25, 0.3) is 0 Å². The number of aromatic amines is 1. The van der Waals surface area contributed by atoms with Crippen molar-refractivity contribution in [2.45, 2.75) is 25.8 Å². The molecule has 4 aromatic rings. The quantitative estimate of drug-likeness (QED) is 0.151. The number of unbranched alkanes of at least 4 members (excludes halogenated alkanes) is 2. The van der Waals surface area contributed by atoms with E-state index in [9.17, 15) is 15.0 Å².